The third-order valence-electron chi connectivity index (χ3n) is 3.31. The summed E-state index contributed by atoms with van der Waals surface area (Å²) in [5, 5.41) is 0. The summed E-state index contributed by atoms with van der Waals surface area (Å²) < 4.78 is 14.0. The summed E-state index contributed by atoms with van der Waals surface area (Å²) in [6, 6.07) is 5.56. The zero-order chi connectivity index (χ0) is 13.7. The first kappa shape index (κ1) is 15.0. The predicted molar refractivity (Wildman–Crippen MR) is 76.5 cm³/mol. The van der Waals surface area contributed by atoms with Gasteiger partial charge in [0.2, 0.25) is 0 Å². The van der Waals surface area contributed by atoms with Gasteiger partial charge in [-0.25, -0.2) is 4.39 Å². The van der Waals surface area contributed by atoms with Crippen LogP contribution in [0, 0.1) is 11.7 Å². The van der Waals surface area contributed by atoms with Gasteiger partial charge in [0.05, 0.1) is 5.69 Å². The van der Waals surface area contributed by atoms with Crippen LogP contribution in [-0.4, -0.2) is 19.6 Å². The van der Waals surface area contributed by atoms with E-state index in [1.165, 1.54) is 6.07 Å². The second-order valence-corrected chi connectivity index (χ2v) is 5.38. The van der Waals surface area contributed by atoms with Gasteiger partial charge in [0.15, 0.2) is 0 Å². The Bertz CT molecular complexity index is 377. The number of benzene rings is 1. The van der Waals surface area contributed by atoms with Gasteiger partial charge in [-0.05, 0) is 43.9 Å². The highest BCUT2D eigenvalue weighted by molar-refractivity contribution is 5.55. The molecule has 0 saturated carbocycles. The smallest absolute Gasteiger partial charge is 0.146 e. The van der Waals surface area contributed by atoms with Gasteiger partial charge in [-0.15, -0.1) is 0 Å². The number of para-hydroxylation sites is 1. The Kier molecular flexibility index (Phi) is 5.60. The Hall–Kier alpha value is -1.09. The van der Waals surface area contributed by atoms with Crippen LogP contribution in [0.3, 0.4) is 0 Å². The van der Waals surface area contributed by atoms with Gasteiger partial charge < -0.3 is 10.6 Å². The molecule has 1 unspecified atom stereocenters. The average molecular weight is 252 g/mol. The largest absolute Gasteiger partial charge is 0.369 e. The fraction of sp³-hybridized carbons (Fsp3) is 0.600. The van der Waals surface area contributed by atoms with Crippen molar-refractivity contribution in [1.82, 2.24) is 0 Å². The summed E-state index contributed by atoms with van der Waals surface area (Å²) in [6.07, 6.45) is 1.76. The molecule has 0 saturated heterocycles. The molecule has 1 aromatic carbocycles. The normalized spacial score (nSPS) is 12.8. The molecule has 1 aromatic rings. The van der Waals surface area contributed by atoms with Crippen LogP contribution in [0.25, 0.3) is 0 Å². The molecule has 102 valence electrons. The lowest BCUT2D eigenvalue weighted by atomic mass is 10.0. The number of rotatable bonds is 6. The van der Waals surface area contributed by atoms with Crippen molar-refractivity contribution in [2.75, 3.05) is 18.5 Å². The van der Waals surface area contributed by atoms with Gasteiger partial charge in [-0.2, -0.15) is 0 Å². The lowest BCUT2D eigenvalue weighted by Gasteiger charge is -2.30. The Morgan fingerprint density at radius 3 is 2.50 bits per heavy atom. The van der Waals surface area contributed by atoms with Gasteiger partial charge in [0, 0.05) is 13.1 Å². The third kappa shape index (κ3) is 3.70. The molecule has 18 heavy (non-hydrogen) atoms. The summed E-state index contributed by atoms with van der Waals surface area (Å²) in [6.45, 7) is 7.06. The third-order valence-corrected chi connectivity index (χ3v) is 3.31. The van der Waals surface area contributed by atoms with E-state index < -0.39 is 0 Å². The Balaban J connectivity index is 2.99. The van der Waals surface area contributed by atoms with Crippen LogP contribution < -0.4 is 10.6 Å². The number of halogens is 1. The van der Waals surface area contributed by atoms with Gasteiger partial charge in [0.1, 0.15) is 5.82 Å². The molecule has 0 aromatic heterocycles. The molecule has 0 fully saturated rings. The molecular formula is C15H25FN2. The topological polar surface area (TPSA) is 29.3 Å². The molecule has 0 aliphatic heterocycles. The Labute approximate surface area is 110 Å². The van der Waals surface area contributed by atoms with Crippen LogP contribution >= 0.6 is 0 Å². The highest BCUT2D eigenvalue weighted by Crippen LogP contribution is 2.27. The van der Waals surface area contributed by atoms with E-state index in [1.54, 1.807) is 6.07 Å². The minimum absolute atomic E-state index is 0.154. The summed E-state index contributed by atoms with van der Waals surface area (Å²) >= 11 is 0. The Morgan fingerprint density at radius 2 is 1.94 bits per heavy atom. The van der Waals surface area contributed by atoms with Crippen molar-refractivity contribution >= 4 is 5.69 Å². The molecule has 0 aliphatic carbocycles. The fourth-order valence-corrected chi connectivity index (χ4v) is 2.37. The maximum absolute atomic E-state index is 14.0. The Morgan fingerprint density at radius 1 is 1.28 bits per heavy atom. The lowest BCUT2D eigenvalue weighted by Crippen LogP contribution is -2.31. The number of nitrogens with two attached hydrogens (primary N) is 1. The zero-order valence-electron chi connectivity index (χ0n) is 11.9. The van der Waals surface area contributed by atoms with Crippen LogP contribution in [0.4, 0.5) is 10.1 Å². The molecule has 0 aliphatic rings. The molecule has 1 rings (SSSR count). The summed E-state index contributed by atoms with van der Waals surface area (Å²) in [7, 11) is 1.96. The molecule has 0 bridgehead atoms. The predicted octanol–water partition coefficient (Wildman–Crippen LogP) is 3.20. The minimum Gasteiger partial charge on any atom is -0.369 e. The SMILES string of the molecule is CC(C)CC(C)N(C)c1c(F)cccc1CCN. The number of hydrogen-bond donors (Lipinski definition) is 1. The number of anilines is 1. The van der Waals surface area contributed by atoms with E-state index in [0.717, 1.165) is 12.0 Å². The van der Waals surface area contributed by atoms with Crippen molar-refractivity contribution in [1.29, 1.82) is 0 Å². The fourth-order valence-electron chi connectivity index (χ4n) is 2.37. The molecule has 3 heteroatoms. The first-order chi connectivity index (χ1) is 8.47. The van der Waals surface area contributed by atoms with Crippen LogP contribution in [0.5, 0.6) is 0 Å². The second-order valence-electron chi connectivity index (χ2n) is 5.38. The standard InChI is InChI=1S/C15H25FN2/c1-11(2)10-12(3)18(4)15-13(8-9-17)6-5-7-14(15)16/h5-7,11-12H,8-10,17H2,1-4H3. The molecule has 0 spiro atoms. The molecular weight excluding hydrogens is 227 g/mol. The molecule has 0 amide bonds. The van der Waals surface area contributed by atoms with Crippen molar-refractivity contribution in [3.05, 3.63) is 29.6 Å². The number of hydrogen-bond acceptors (Lipinski definition) is 2. The molecule has 2 N–H and O–H groups in total. The van der Waals surface area contributed by atoms with Crippen LogP contribution in [0.15, 0.2) is 18.2 Å². The van der Waals surface area contributed by atoms with Crippen LogP contribution in [-0.2, 0) is 6.42 Å². The molecule has 0 radical (unpaired) electrons. The quantitative estimate of drug-likeness (QED) is 0.842. The highest BCUT2D eigenvalue weighted by Gasteiger charge is 2.18. The van der Waals surface area contributed by atoms with Crippen molar-refractivity contribution in [2.24, 2.45) is 11.7 Å². The summed E-state index contributed by atoms with van der Waals surface area (Å²) in [5.74, 6) is 0.450. The van der Waals surface area contributed by atoms with Crippen molar-refractivity contribution in [2.45, 2.75) is 39.7 Å². The van der Waals surface area contributed by atoms with E-state index >= 15 is 0 Å². The van der Waals surface area contributed by atoms with E-state index in [0.29, 0.717) is 30.6 Å². The van der Waals surface area contributed by atoms with E-state index in [-0.39, 0.29) is 5.82 Å². The van der Waals surface area contributed by atoms with Crippen molar-refractivity contribution in [3.8, 4) is 0 Å². The summed E-state index contributed by atoms with van der Waals surface area (Å²) in [5.41, 5.74) is 7.30. The number of nitrogens with zero attached hydrogens (tertiary/aromatic N) is 1. The maximum Gasteiger partial charge on any atom is 0.146 e. The minimum atomic E-state index is -0.154. The van der Waals surface area contributed by atoms with E-state index in [1.807, 2.05) is 18.0 Å². The van der Waals surface area contributed by atoms with Gasteiger partial charge in [-0.1, -0.05) is 26.0 Å². The lowest BCUT2D eigenvalue weighted by molar-refractivity contribution is 0.497. The van der Waals surface area contributed by atoms with Gasteiger partial charge in [-0.3, -0.25) is 0 Å². The first-order valence-corrected chi connectivity index (χ1v) is 6.67. The van der Waals surface area contributed by atoms with E-state index in [2.05, 4.69) is 20.8 Å². The van der Waals surface area contributed by atoms with Crippen LogP contribution in [0.2, 0.25) is 0 Å². The zero-order valence-corrected chi connectivity index (χ0v) is 11.9. The maximum atomic E-state index is 14.0. The summed E-state index contributed by atoms with van der Waals surface area (Å²) in [4.78, 5) is 2.04. The van der Waals surface area contributed by atoms with E-state index in [4.69, 9.17) is 5.73 Å². The first-order valence-electron chi connectivity index (χ1n) is 6.67. The van der Waals surface area contributed by atoms with Gasteiger partial charge >= 0.3 is 0 Å². The van der Waals surface area contributed by atoms with Crippen molar-refractivity contribution in [3.63, 3.8) is 0 Å². The highest BCUT2D eigenvalue weighted by atomic mass is 19.1. The molecule has 2 nitrogen and oxygen atoms in total. The second kappa shape index (κ2) is 6.74. The molecule has 0 heterocycles. The van der Waals surface area contributed by atoms with Crippen molar-refractivity contribution < 1.29 is 4.39 Å². The monoisotopic (exact) mass is 252 g/mol. The average Bonchev–Trinajstić information content (AvgIpc) is 2.28. The van der Waals surface area contributed by atoms with E-state index in [9.17, 15) is 4.39 Å². The van der Waals surface area contributed by atoms with Crippen LogP contribution in [0.1, 0.15) is 32.8 Å². The van der Waals surface area contributed by atoms with Gasteiger partial charge in [0.25, 0.3) is 0 Å². The molecule has 1 atom stereocenters.